The molecule has 3 amide bonds. The van der Waals surface area contributed by atoms with Crippen LogP contribution in [-0.2, 0) is 10.2 Å². The lowest BCUT2D eigenvalue weighted by atomic mass is 9.84. The molecule has 2 aromatic rings. The summed E-state index contributed by atoms with van der Waals surface area (Å²) in [6.07, 6.45) is 0. The molecule has 0 radical (unpaired) electrons. The average molecular weight is 343 g/mol. The van der Waals surface area contributed by atoms with Gasteiger partial charge in [0.05, 0.1) is 0 Å². The number of carbonyl (C=O) groups is 2. The summed E-state index contributed by atoms with van der Waals surface area (Å²) in [7, 11) is 0. The molecule has 0 spiro atoms. The van der Waals surface area contributed by atoms with Crippen LogP contribution in [0.5, 0.6) is 0 Å². The van der Waals surface area contributed by atoms with Crippen LogP contribution in [0.3, 0.4) is 0 Å². The van der Waals surface area contributed by atoms with E-state index in [9.17, 15) is 14.0 Å². The number of nitrogens with two attached hydrogens (primary N) is 1. The van der Waals surface area contributed by atoms with Gasteiger partial charge in [-0.05, 0) is 23.3 Å². The third-order valence-corrected chi connectivity index (χ3v) is 4.01. The van der Waals surface area contributed by atoms with Crippen LogP contribution in [0.15, 0.2) is 54.6 Å². The van der Waals surface area contributed by atoms with Gasteiger partial charge in [0, 0.05) is 12.0 Å². The SMILES string of the molecule is CC(C)(CNC(=O)N[C@@H](C(N)=O)c1ccccc1)c1ccc(F)cc1. The first-order valence-corrected chi connectivity index (χ1v) is 7.94. The van der Waals surface area contributed by atoms with E-state index in [4.69, 9.17) is 5.73 Å². The molecule has 0 bridgehead atoms. The van der Waals surface area contributed by atoms with Gasteiger partial charge in [0.2, 0.25) is 5.91 Å². The molecule has 6 heteroatoms. The average Bonchev–Trinajstić information content (AvgIpc) is 2.59. The monoisotopic (exact) mass is 343 g/mol. The Bertz CT molecular complexity index is 730. The van der Waals surface area contributed by atoms with Crippen LogP contribution in [-0.4, -0.2) is 18.5 Å². The van der Waals surface area contributed by atoms with Crippen molar-refractivity contribution in [3.8, 4) is 0 Å². The number of benzene rings is 2. The maximum atomic E-state index is 13.0. The molecule has 0 fully saturated rings. The third kappa shape index (κ3) is 5.04. The molecule has 0 aliphatic rings. The first-order valence-electron chi connectivity index (χ1n) is 7.94. The van der Waals surface area contributed by atoms with Crippen molar-refractivity contribution in [2.24, 2.45) is 5.73 Å². The van der Waals surface area contributed by atoms with Crippen molar-refractivity contribution in [3.05, 3.63) is 71.5 Å². The second-order valence-electron chi connectivity index (χ2n) is 6.46. The number of hydrogen-bond acceptors (Lipinski definition) is 2. The quantitative estimate of drug-likeness (QED) is 0.753. The highest BCUT2D eigenvalue weighted by molar-refractivity contribution is 5.87. The van der Waals surface area contributed by atoms with Gasteiger partial charge >= 0.3 is 6.03 Å². The number of carbonyl (C=O) groups excluding carboxylic acids is 2. The molecule has 0 saturated carbocycles. The van der Waals surface area contributed by atoms with Crippen molar-refractivity contribution < 1.29 is 14.0 Å². The lowest BCUT2D eigenvalue weighted by Crippen LogP contribution is -2.46. The van der Waals surface area contributed by atoms with Crippen LogP contribution in [0, 0.1) is 5.82 Å². The second-order valence-corrected chi connectivity index (χ2v) is 6.46. The van der Waals surface area contributed by atoms with E-state index in [0.717, 1.165) is 5.56 Å². The van der Waals surface area contributed by atoms with E-state index < -0.39 is 23.4 Å². The fourth-order valence-corrected chi connectivity index (χ4v) is 2.45. The van der Waals surface area contributed by atoms with Crippen molar-refractivity contribution in [1.82, 2.24) is 10.6 Å². The minimum atomic E-state index is -0.907. The number of amides is 3. The van der Waals surface area contributed by atoms with E-state index in [2.05, 4.69) is 10.6 Å². The minimum absolute atomic E-state index is 0.308. The Balaban J connectivity index is 1.99. The Kier molecular flexibility index (Phi) is 5.75. The molecular formula is C19H22FN3O2. The highest BCUT2D eigenvalue weighted by Gasteiger charge is 2.24. The van der Waals surface area contributed by atoms with Gasteiger partial charge in [0.25, 0.3) is 0 Å². The van der Waals surface area contributed by atoms with Gasteiger partial charge < -0.3 is 16.4 Å². The highest BCUT2D eigenvalue weighted by Crippen LogP contribution is 2.22. The Labute approximate surface area is 146 Å². The maximum absolute atomic E-state index is 13.0. The van der Waals surface area contributed by atoms with E-state index in [1.54, 1.807) is 36.4 Å². The lowest BCUT2D eigenvalue weighted by molar-refractivity contribution is -0.119. The number of rotatable bonds is 6. The number of nitrogens with one attached hydrogen (secondary N) is 2. The van der Waals surface area contributed by atoms with Crippen molar-refractivity contribution in [2.45, 2.75) is 25.3 Å². The molecule has 2 rings (SSSR count). The summed E-state index contributed by atoms with van der Waals surface area (Å²) in [5.74, 6) is -0.948. The molecular weight excluding hydrogens is 321 g/mol. The number of primary amides is 1. The van der Waals surface area contributed by atoms with Crippen molar-refractivity contribution in [1.29, 1.82) is 0 Å². The number of hydrogen-bond donors (Lipinski definition) is 3. The Hall–Kier alpha value is -2.89. The van der Waals surface area contributed by atoms with Crippen LogP contribution in [0.25, 0.3) is 0 Å². The summed E-state index contributed by atoms with van der Waals surface area (Å²) in [5, 5.41) is 5.32. The van der Waals surface area contributed by atoms with E-state index in [1.807, 2.05) is 19.9 Å². The fourth-order valence-electron chi connectivity index (χ4n) is 2.45. The molecule has 1 atom stereocenters. The molecule has 5 nitrogen and oxygen atoms in total. The molecule has 132 valence electrons. The fraction of sp³-hybridized carbons (Fsp3) is 0.263. The van der Waals surface area contributed by atoms with Gasteiger partial charge in [-0.15, -0.1) is 0 Å². The Morgan fingerprint density at radius 3 is 2.24 bits per heavy atom. The predicted molar refractivity (Wildman–Crippen MR) is 94.3 cm³/mol. The molecule has 0 unspecified atom stereocenters. The molecule has 2 aromatic carbocycles. The summed E-state index contributed by atoms with van der Waals surface area (Å²) in [5.41, 5.74) is 6.49. The van der Waals surface area contributed by atoms with Crippen molar-refractivity contribution in [2.75, 3.05) is 6.54 Å². The standard InChI is InChI=1S/C19H22FN3O2/c1-19(2,14-8-10-15(20)11-9-14)12-22-18(25)23-16(17(21)24)13-6-4-3-5-7-13/h3-11,16H,12H2,1-2H3,(H2,21,24)(H2,22,23,25)/t16-/m1/s1. The molecule has 0 aromatic heterocycles. The summed E-state index contributed by atoms with van der Waals surface area (Å²) >= 11 is 0. The van der Waals surface area contributed by atoms with Gasteiger partial charge in [-0.3, -0.25) is 4.79 Å². The summed E-state index contributed by atoms with van der Waals surface area (Å²) in [6.45, 7) is 4.18. The molecule has 0 saturated heterocycles. The first kappa shape index (κ1) is 18.4. The van der Waals surface area contributed by atoms with Gasteiger partial charge in [-0.1, -0.05) is 56.3 Å². The predicted octanol–water partition coefficient (Wildman–Crippen LogP) is 2.63. The highest BCUT2D eigenvalue weighted by atomic mass is 19.1. The van der Waals surface area contributed by atoms with E-state index >= 15 is 0 Å². The van der Waals surface area contributed by atoms with Crippen LogP contribution >= 0.6 is 0 Å². The molecule has 0 aliphatic carbocycles. The normalized spacial score (nSPS) is 12.3. The summed E-state index contributed by atoms with van der Waals surface area (Å²) in [6, 6.07) is 13.5. The zero-order chi connectivity index (χ0) is 18.4. The topological polar surface area (TPSA) is 84.2 Å². The Morgan fingerprint density at radius 1 is 1.08 bits per heavy atom. The van der Waals surface area contributed by atoms with Gasteiger partial charge in [-0.25, -0.2) is 9.18 Å². The Morgan fingerprint density at radius 2 is 1.68 bits per heavy atom. The van der Waals surface area contributed by atoms with Gasteiger partial charge in [0.1, 0.15) is 11.9 Å². The largest absolute Gasteiger partial charge is 0.368 e. The van der Waals surface area contributed by atoms with Crippen LogP contribution in [0.1, 0.15) is 31.0 Å². The number of halogens is 1. The lowest BCUT2D eigenvalue weighted by Gasteiger charge is -2.26. The summed E-state index contributed by atoms with van der Waals surface area (Å²) in [4.78, 5) is 23.8. The third-order valence-electron chi connectivity index (χ3n) is 4.01. The molecule has 0 heterocycles. The van der Waals surface area contributed by atoms with Crippen LogP contribution < -0.4 is 16.4 Å². The van der Waals surface area contributed by atoms with Crippen LogP contribution in [0.4, 0.5) is 9.18 Å². The molecule has 25 heavy (non-hydrogen) atoms. The second kappa shape index (κ2) is 7.79. The maximum Gasteiger partial charge on any atom is 0.315 e. The van der Waals surface area contributed by atoms with E-state index in [1.165, 1.54) is 12.1 Å². The van der Waals surface area contributed by atoms with Gasteiger partial charge in [-0.2, -0.15) is 0 Å². The zero-order valence-corrected chi connectivity index (χ0v) is 14.3. The zero-order valence-electron chi connectivity index (χ0n) is 14.3. The molecule has 0 aliphatic heterocycles. The van der Waals surface area contributed by atoms with Gasteiger partial charge in [0.15, 0.2) is 0 Å². The van der Waals surface area contributed by atoms with Crippen molar-refractivity contribution in [3.63, 3.8) is 0 Å². The first-order chi connectivity index (χ1) is 11.8. The van der Waals surface area contributed by atoms with E-state index in [-0.39, 0.29) is 5.82 Å². The molecule has 4 N–H and O–H groups in total. The minimum Gasteiger partial charge on any atom is -0.368 e. The van der Waals surface area contributed by atoms with Crippen LogP contribution in [0.2, 0.25) is 0 Å². The summed E-state index contributed by atoms with van der Waals surface area (Å²) < 4.78 is 13.0. The number of urea groups is 1. The van der Waals surface area contributed by atoms with E-state index in [0.29, 0.717) is 12.1 Å². The smallest absolute Gasteiger partial charge is 0.315 e. The van der Waals surface area contributed by atoms with Crippen molar-refractivity contribution >= 4 is 11.9 Å².